The SMILES string of the molecule is CCP(=O)(CC)c1ccc(OC)c(Nc2n[nH]c3cc([C@@H]4C[C@@]45C(=O)Nc4ccc(OC)cc45)ccc23)c1. The molecule has 1 saturated carbocycles. The van der Waals surface area contributed by atoms with Crippen LogP contribution >= 0.6 is 7.14 Å². The van der Waals surface area contributed by atoms with Gasteiger partial charge in [-0.3, -0.25) is 9.89 Å². The van der Waals surface area contributed by atoms with Crippen molar-refractivity contribution in [3.63, 3.8) is 0 Å². The molecule has 38 heavy (non-hydrogen) atoms. The molecule has 3 aromatic carbocycles. The number of nitrogens with zero attached hydrogens (tertiary/aromatic N) is 1. The van der Waals surface area contributed by atoms with Gasteiger partial charge in [-0.2, -0.15) is 5.10 Å². The highest BCUT2D eigenvalue weighted by atomic mass is 31.2. The van der Waals surface area contributed by atoms with Gasteiger partial charge in [0.1, 0.15) is 18.6 Å². The number of fused-ring (bicyclic) bond motifs is 3. The van der Waals surface area contributed by atoms with E-state index in [1.807, 2.05) is 56.3 Å². The van der Waals surface area contributed by atoms with Crippen LogP contribution in [0.1, 0.15) is 37.3 Å². The van der Waals surface area contributed by atoms with Crippen molar-refractivity contribution < 1.29 is 18.8 Å². The number of nitrogens with one attached hydrogen (secondary N) is 3. The van der Waals surface area contributed by atoms with Crippen LogP contribution in [0.15, 0.2) is 54.6 Å². The summed E-state index contributed by atoms with van der Waals surface area (Å²) in [6, 6.07) is 17.6. The van der Waals surface area contributed by atoms with Gasteiger partial charge in [0, 0.05) is 34.6 Å². The van der Waals surface area contributed by atoms with Crippen LogP contribution in [0.4, 0.5) is 17.2 Å². The topological polar surface area (TPSA) is 105 Å². The average Bonchev–Trinajstić information content (AvgIpc) is 3.50. The molecule has 1 amide bonds. The molecule has 1 aliphatic heterocycles. The van der Waals surface area contributed by atoms with Crippen LogP contribution in [0.2, 0.25) is 0 Å². The molecule has 6 rings (SSSR count). The third kappa shape index (κ3) is 3.62. The summed E-state index contributed by atoms with van der Waals surface area (Å²) in [5, 5.41) is 15.8. The zero-order chi connectivity index (χ0) is 26.7. The highest BCUT2D eigenvalue weighted by Crippen LogP contribution is 2.65. The summed E-state index contributed by atoms with van der Waals surface area (Å²) in [7, 11) is 0.805. The fraction of sp³-hybridized carbons (Fsp3) is 0.310. The molecule has 4 aromatic rings. The van der Waals surface area contributed by atoms with E-state index in [-0.39, 0.29) is 11.8 Å². The Balaban J connectivity index is 1.31. The Kier molecular flexibility index (Phi) is 5.76. The lowest BCUT2D eigenvalue weighted by molar-refractivity contribution is -0.118. The Bertz CT molecular complexity index is 1620. The number of carbonyl (C=O) groups excluding carboxylic acids is 1. The van der Waals surface area contributed by atoms with Crippen LogP contribution < -0.4 is 25.4 Å². The Labute approximate surface area is 221 Å². The Morgan fingerprint density at radius 2 is 1.87 bits per heavy atom. The van der Waals surface area contributed by atoms with Crippen LogP contribution in [0, 0.1) is 0 Å². The molecule has 2 atom stereocenters. The number of H-pyrrole nitrogens is 1. The van der Waals surface area contributed by atoms with Gasteiger partial charge < -0.3 is 24.7 Å². The second kappa shape index (κ2) is 8.91. The van der Waals surface area contributed by atoms with Crippen molar-refractivity contribution in [2.75, 3.05) is 37.2 Å². The number of methoxy groups -OCH3 is 2. The fourth-order valence-electron chi connectivity index (χ4n) is 5.81. The first-order valence-corrected chi connectivity index (χ1v) is 15.0. The number of carbonyl (C=O) groups is 1. The molecule has 9 heteroatoms. The van der Waals surface area contributed by atoms with E-state index < -0.39 is 12.6 Å². The molecule has 2 heterocycles. The molecule has 8 nitrogen and oxygen atoms in total. The zero-order valence-electron chi connectivity index (χ0n) is 21.9. The molecule has 1 spiro atoms. The van der Waals surface area contributed by atoms with E-state index in [0.29, 0.717) is 23.9 Å². The smallest absolute Gasteiger partial charge is 0.235 e. The largest absolute Gasteiger partial charge is 0.497 e. The van der Waals surface area contributed by atoms with Gasteiger partial charge in [-0.15, -0.1) is 0 Å². The van der Waals surface area contributed by atoms with Crippen molar-refractivity contribution >= 4 is 46.4 Å². The zero-order valence-corrected chi connectivity index (χ0v) is 22.8. The van der Waals surface area contributed by atoms with E-state index in [9.17, 15) is 9.36 Å². The molecular weight excluding hydrogens is 499 g/mol. The highest BCUT2D eigenvalue weighted by Gasteiger charge is 2.65. The molecule has 0 saturated heterocycles. The number of hydrogen-bond donors (Lipinski definition) is 3. The second-order valence-electron chi connectivity index (χ2n) is 10.0. The van der Waals surface area contributed by atoms with E-state index in [4.69, 9.17) is 9.47 Å². The number of anilines is 3. The highest BCUT2D eigenvalue weighted by molar-refractivity contribution is 7.71. The van der Waals surface area contributed by atoms with E-state index in [0.717, 1.165) is 50.9 Å². The van der Waals surface area contributed by atoms with Crippen LogP contribution in [-0.4, -0.2) is 42.6 Å². The minimum absolute atomic E-state index is 0.0428. The first-order chi connectivity index (χ1) is 18.4. The van der Waals surface area contributed by atoms with Crippen molar-refractivity contribution in [1.82, 2.24) is 10.2 Å². The lowest BCUT2D eigenvalue weighted by atomic mass is 9.91. The van der Waals surface area contributed by atoms with Crippen molar-refractivity contribution in [3.8, 4) is 11.5 Å². The number of aromatic nitrogens is 2. The number of amides is 1. The maximum atomic E-state index is 13.3. The maximum Gasteiger partial charge on any atom is 0.235 e. The lowest BCUT2D eigenvalue weighted by Gasteiger charge is -2.17. The van der Waals surface area contributed by atoms with Gasteiger partial charge in [0.15, 0.2) is 5.82 Å². The number of hydrogen-bond acceptors (Lipinski definition) is 6. The van der Waals surface area contributed by atoms with Crippen molar-refractivity contribution in [2.45, 2.75) is 31.6 Å². The Morgan fingerprint density at radius 1 is 1.05 bits per heavy atom. The monoisotopic (exact) mass is 530 g/mol. The molecule has 1 aliphatic carbocycles. The molecule has 3 N–H and O–H groups in total. The van der Waals surface area contributed by atoms with Gasteiger partial charge in [0.05, 0.1) is 30.8 Å². The minimum Gasteiger partial charge on any atom is -0.497 e. The number of aromatic amines is 1. The van der Waals surface area contributed by atoms with Crippen LogP contribution in [0.25, 0.3) is 10.9 Å². The quantitative estimate of drug-likeness (QED) is 0.251. The summed E-state index contributed by atoms with van der Waals surface area (Å²) in [6.07, 6.45) is 1.98. The van der Waals surface area contributed by atoms with Gasteiger partial charge in [-0.1, -0.05) is 19.9 Å². The molecule has 0 unspecified atom stereocenters. The van der Waals surface area contributed by atoms with Crippen LogP contribution in [0.3, 0.4) is 0 Å². The van der Waals surface area contributed by atoms with E-state index in [2.05, 4.69) is 33.0 Å². The van der Waals surface area contributed by atoms with Crippen molar-refractivity contribution in [1.29, 1.82) is 0 Å². The summed E-state index contributed by atoms with van der Waals surface area (Å²) < 4.78 is 24.3. The number of rotatable bonds is 8. The number of ether oxygens (including phenoxy) is 2. The van der Waals surface area contributed by atoms with E-state index in [1.54, 1.807) is 14.2 Å². The van der Waals surface area contributed by atoms with Crippen molar-refractivity contribution in [2.24, 2.45) is 0 Å². The lowest BCUT2D eigenvalue weighted by Crippen LogP contribution is -2.21. The van der Waals surface area contributed by atoms with Crippen LogP contribution in [0.5, 0.6) is 11.5 Å². The normalized spacial score (nSPS) is 19.9. The van der Waals surface area contributed by atoms with Gasteiger partial charge in [-0.05, 0) is 66.1 Å². The molecule has 0 radical (unpaired) electrons. The molecule has 1 aromatic heterocycles. The molecular formula is C29H31N4O4P. The standard InChI is InChI=1S/C29H31N4O4P/c1-5-38(35,6-2)19-9-12-26(37-4)25(15-19)30-27-20-10-7-17(13-24(20)32-33-27)22-16-29(22)21-14-18(36-3)8-11-23(21)31-28(29)34/h7-15,22H,5-6,16H2,1-4H3,(H,31,34)(H2,30,32,33)/t22-,29-/m0/s1. The summed E-state index contributed by atoms with van der Waals surface area (Å²) >= 11 is 0. The summed E-state index contributed by atoms with van der Waals surface area (Å²) in [6.45, 7) is 3.93. The third-order valence-electron chi connectivity index (χ3n) is 8.24. The average molecular weight is 531 g/mol. The number of benzene rings is 3. The van der Waals surface area contributed by atoms with Gasteiger partial charge in [0.2, 0.25) is 5.91 Å². The van der Waals surface area contributed by atoms with Gasteiger partial charge in [-0.25, -0.2) is 0 Å². The van der Waals surface area contributed by atoms with Gasteiger partial charge in [0.25, 0.3) is 0 Å². The van der Waals surface area contributed by atoms with Crippen molar-refractivity contribution in [3.05, 3.63) is 65.7 Å². The third-order valence-corrected chi connectivity index (χ3v) is 11.5. The van der Waals surface area contributed by atoms with E-state index >= 15 is 0 Å². The summed E-state index contributed by atoms with van der Waals surface area (Å²) in [5.74, 6) is 2.18. The molecule has 1 fully saturated rings. The summed E-state index contributed by atoms with van der Waals surface area (Å²) in [5.41, 5.74) is 3.99. The maximum absolute atomic E-state index is 13.3. The molecule has 0 bridgehead atoms. The Hall–Kier alpha value is -3.77. The predicted molar refractivity (Wildman–Crippen MR) is 151 cm³/mol. The minimum atomic E-state index is -2.45. The van der Waals surface area contributed by atoms with Gasteiger partial charge >= 0.3 is 0 Å². The molecule has 196 valence electrons. The second-order valence-corrected chi connectivity index (χ2v) is 13.6. The summed E-state index contributed by atoms with van der Waals surface area (Å²) in [4.78, 5) is 13.1. The molecule has 2 aliphatic rings. The Morgan fingerprint density at radius 3 is 2.61 bits per heavy atom. The van der Waals surface area contributed by atoms with E-state index in [1.165, 1.54) is 0 Å². The fourth-order valence-corrected chi connectivity index (χ4v) is 7.70. The first kappa shape index (κ1) is 24.6. The predicted octanol–water partition coefficient (Wildman–Crippen LogP) is 5.73. The van der Waals surface area contributed by atoms with Crippen LogP contribution in [-0.2, 0) is 14.8 Å². The first-order valence-electron chi connectivity index (χ1n) is 12.9.